The normalized spacial score (nSPS) is 26.3. The molecule has 248 valence electrons. The zero-order valence-electron chi connectivity index (χ0n) is 26.0. The molecular weight excluding hydrogens is 633 g/mol. The van der Waals surface area contributed by atoms with Crippen LogP contribution in [0, 0.1) is 11.7 Å². The Hall–Kier alpha value is -2.83. The number of likely N-dealkylation sites (tertiary alicyclic amines) is 2. The average molecular weight is 674 g/mol. The number of carboxylic acids is 1. The number of thiophene rings is 1. The van der Waals surface area contributed by atoms with E-state index in [1.807, 2.05) is 22.4 Å². The molecule has 3 fully saturated rings. The number of hydrogen-bond donors (Lipinski definition) is 2. The van der Waals surface area contributed by atoms with Crippen LogP contribution in [0.2, 0.25) is 5.02 Å². The monoisotopic (exact) mass is 673 g/mol. The van der Waals surface area contributed by atoms with Gasteiger partial charge in [-0.1, -0.05) is 23.8 Å². The third kappa shape index (κ3) is 7.33. The van der Waals surface area contributed by atoms with Gasteiger partial charge >= 0.3 is 5.97 Å². The Balaban J connectivity index is 1.12. The number of fused-ring (bicyclic) bond motifs is 1. The number of rotatable bonds is 10. The number of carbonyl (C=O) groups excluding carboxylic acids is 2. The Morgan fingerprint density at radius 1 is 1.13 bits per heavy atom. The topological polar surface area (TPSA) is 108 Å². The molecule has 3 heterocycles. The van der Waals surface area contributed by atoms with Gasteiger partial charge in [0.2, 0.25) is 5.91 Å². The average Bonchev–Trinajstić information content (AvgIpc) is 3.81. The zero-order chi connectivity index (χ0) is 32.4. The van der Waals surface area contributed by atoms with Gasteiger partial charge in [-0.15, -0.1) is 11.3 Å². The van der Waals surface area contributed by atoms with E-state index in [9.17, 15) is 19.5 Å². The number of aryl methyl sites for hydroxylation is 1. The molecule has 46 heavy (non-hydrogen) atoms. The predicted molar refractivity (Wildman–Crippen MR) is 175 cm³/mol. The second-order valence-electron chi connectivity index (χ2n) is 12.9. The van der Waals surface area contributed by atoms with Crippen LogP contribution in [0.5, 0.6) is 0 Å². The molecule has 3 atom stereocenters. The predicted octanol–water partition coefficient (Wildman–Crippen LogP) is 5.65. The highest BCUT2D eigenvalue weighted by Gasteiger charge is 2.41. The van der Waals surface area contributed by atoms with Crippen LogP contribution in [-0.2, 0) is 31.9 Å². The summed E-state index contributed by atoms with van der Waals surface area (Å²) in [7, 11) is 1.72. The molecule has 0 unspecified atom stereocenters. The molecule has 1 aromatic heterocycles. The van der Waals surface area contributed by atoms with Crippen molar-refractivity contribution in [3.05, 3.63) is 56.0 Å². The molecule has 2 saturated heterocycles. The Bertz CT molecular complexity index is 1490. The van der Waals surface area contributed by atoms with Gasteiger partial charge in [-0.25, -0.2) is 4.39 Å². The highest BCUT2D eigenvalue weighted by molar-refractivity contribution is 7.10. The van der Waals surface area contributed by atoms with Crippen molar-refractivity contribution in [1.29, 1.82) is 0 Å². The van der Waals surface area contributed by atoms with Gasteiger partial charge in [-0.2, -0.15) is 0 Å². The highest BCUT2D eigenvalue weighted by atomic mass is 35.5. The molecule has 2 aliphatic carbocycles. The van der Waals surface area contributed by atoms with E-state index in [1.54, 1.807) is 18.4 Å². The molecule has 0 radical (unpaired) electrons. The summed E-state index contributed by atoms with van der Waals surface area (Å²) in [5.41, 5.74) is 1.76. The lowest BCUT2D eigenvalue weighted by Gasteiger charge is -2.30. The molecule has 0 bridgehead atoms. The van der Waals surface area contributed by atoms with Gasteiger partial charge in [0.25, 0.3) is 5.91 Å². The van der Waals surface area contributed by atoms with Crippen molar-refractivity contribution in [3.8, 4) is 0 Å². The van der Waals surface area contributed by atoms with Crippen LogP contribution in [0.1, 0.15) is 71.3 Å². The summed E-state index contributed by atoms with van der Waals surface area (Å²) in [5.74, 6) is -2.25. The number of allylic oxidation sites excluding steroid dienone is 1. The van der Waals surface area contributed by atoms with Gasteiger partial charge in [0.1, 0.15) is 5.82 Å². The first-order chi connectivity index (χ1) is 22.2. The van der Waals surface area contributed by atoms with Gasteiger partial charge in [0.05, 0.1) is 53.5 Å². The molecule has 6 rings (SSSR count). The third-order valence-electron chi connectivity index (χ3n) is 9.99. The van der Waals surface area contributed by atoms with Crippen LogP contribution >= 0.6 is 22.9 Å². The summed E-state index contributed by atoms with van der Waals surface area (Å²) < 4.78 is 27.3. The molecule has 2 N–H and O–H groups in total. The minimum Gasteiger partial charge on any atom is -0.481 e. The van der Waals surface area contributed by atoms with Crippen molar-refractivity contribution in [2.24, 2.45) is 5.92 Å². The number of carboxylic acid groups (broad SMARTS) is 1. The highest BCUT2D eigenvalue weighted by Crippen LogP contribution is 2.33. The van der Waals surface area contributed by atoms with Crippen molar-refractivity contribution in [1.82, 2.24) is 9.80 Å². The van der Waals surface area contributed by atoms with E-state index in [0.717, 1.165) is 49.2 Å². The van der Waals surface area contributed by atoms with E-state index >= 15 is 4.39 Å². The molecule has 9 nitrogen and oxygen atoms in total. The molecule has 12 heteroatoms. The summed E-state index contributed by atoms with van der Waals surface area (Å²) in [6.45, 7) is 2.55. The number of nitrogens with one attached hydrogen (secondary N) is 1. The standard InChI is InChI=1S/C34H41ClFN3O6S/c1-44-25-10-11-38(17-25)22-14-23(18-45-24-8-6-20(7-9-24)34(42)43)39(16-22)32(40)13-21-12-28(35)30(15-29(21)36)37-33(41)27-19-46-31-5-3-2-4-26(27)31/h2,4,12,15,19-20,22-25H,3,5-11,13-14,16-18H2,1H3,(H,37,41)(H,42,43)/t20-,22-,23-,24-,25+/m0/s1. The minimum absolute atomic E-state index is 0.0362. The first-order valence-electron chi connectivity index (χ1n) is 16.2. The maximum Gasteiger partial charge on any atom is 0.306 e. The van der Waals surface area contributed by atoms with Crippen molar-refractivity contribution < 1.29 is 33.4 Å². The van der Waals surface area contributed by atoms with Crippen LogP contribution in [0.15, 0.2) is 23.6 Å². The Morgan fingerprint density at radius 3 is 2.67 bits per heavy atom. The Labute approximate surface area is 277 Å². The summed E-state index contributed by atoms with van der Waals surface area (Å²) >= 11 is 8.07. The van der Waals surface area contributed by atoms with E-state index in [1.165, 1.54) is 12.1 Å². The van der Waals surface area contributed by atoms with Crippen LogP contribution in [0.3, 0.4) is 0 Å². The smallest absolute Gasteiger partial charge is 0.306 e. The molecule has 4 aliphatic rings. The largest absolute Gasteiger partial charge is 0.481 e. The summed E-state index contributed by atoms with van der Waals surface area (Å²) in [6, 6.07) is 2.58. The minimum atomic E-state index is -0.755. The molecule has 0 spiro atoms. The van der Waals surface area contributed by atoms with Crippen molar-refractivity contribution in [2.45, 2.75) is 82.1 Å². The number of methoxy groups -OCH3 is 1. The number of halogens is 2. The number of ether oxygens (including phenoxy) is 2. The fraction of sp³-hybridized carbons (Fsp3) is 0.559. The molecule has 2 aromatic rings. The molecule has 2 aliphatic heterocycles. The summed E-state index contributed by atoms with van der Waals surface area (Å²) in [6.07, 6.45) is 10.0. The molecule has 1 saturated carbocycles. The van der Waals surface area contributed by atoms with Gasteiger partial charge in [0.15, 0.2) is 0 Å². The van der Waals surface area contributed by atoms with Crippen LogP contribution in [-0.4, -0.2) is 90.3 Å². The Kier molecular flexibility index (Phi) is 10.4. The number of carbonyl (C=O) groups is 3. The van der Waals surface area contributed by atoms with Gasteiger partial charge in [0, 0.05) is 48.6 Å². The van der Waals surface area contributed by atoms with E-state index in [0.29, 0.717) is 44.4 Å². The first kappa shape index (κ1) is 33.1. The molecule has 1 aromatic carbocycles. The van der Waals surface area contributed by atoms with Crippen LogP contribution < -0.4 is 5.32 Å². The third-order valence-corrected chi connectivity index (χ3v) is 11.4. The number of anilines is 1. The van der Waals surface area contributed by atoms with Crippen LogP contribution in [0.4, 0.5) is 10.1 Å². The summed E-state index contributed by atoms with van der Waals surface area (Å²) in [5, 5.41) is 14.1. The zero-order valence-corrected chi connectivity index (χ0v) is 27.6. The van der Waals surface area contributed by atoms with E-state index in [-0.39, 0.29) is 64.7 Å². The first-order valence-corrected chi connectivity index (χ1v) is 17.4. The van der Waals surface area contributed by atoms with Gasteiger partial charge < -0.3 is 24.8 Å². The lowest BCUT2D eigenvalue weighted by molar-refractivity contribution is -0.144. The SMILES string of the molecule is CO[C@@H]1CCN([C@H]2C[C@@H](CO[C@H]3CC[C@H](C(=O)O)CC3)N(C(=O)Cc3cc(Cl)c(NC(=O)c4csc5c4C=CCC5)cc3F)C2)C1. The second kappa shape index (κ2) is 14.5. The van der Waals surface area contributed by atoms with E-state index in [4.69, 9.17) is 21.1 Å². The Morgan fingerprint density at radius 2 is 1.93 bits per heavy atom. The number of aliphatic carboxylic acids is 1. The van der Waals surface area contributed by atoms with Crippen molar-refractivity contribution in [3.63, 3.8) is 0 Å². The maximum absolute atomic E-state index is 15.4. The molecule has 2 amide bonds. The van der Waals surface area contributed by atoms with Crippen molar-refractivity contribution in [2.75, 3.05) is 38.7 Å². The second-order valence-corrected chi connectivity index (χ2v) is 14.2. The van der Waals surface area contributed by atoms with Crippen molar-refractivity contribution >= 4 is 52.5 Å². The maximum atomic E-state index is 15.4. The van der Waals surface area contributed by atoms with E-state index < -0.39 is 11.8 Å². The number of hydrogen-bond acceptors (Lipinski definition) is 7. The number of benzene rings is 1. The molecular formula is C34H41ClFN3O6S. The van der Waals surface area contributed by atoms with Crippen LogP contribution in [0.25, 0.3) is 6.08 Å². The fourth-order valence-electron chi connectivity index (χ4n) is 7.27. The van der Waals surface area contributed by atoms with Gasteiger partial charge in [-0.3, -0.25) is 19.3 Å². The number of nitrogens with zero attached hydrogens (tertiary/aromatic N) is 2. The van der Waals surface area contributed by atoms with Gasteiger partial charge in [-0.05, 0) is 69.1 Å². The lowest BCUT2D eigenvalue weighted by Crippen LogP contribution is -2.41. The van der Waals surface area contributed by atoms with E-state index in [2.05, 4.69) is 10.2 Å². The fourth-order valence-corrected chi connectivity index (χ4v) is 8.54. The summed E-state index contributed by atoms with van der Waals surface area (Å²) in [4.78, 5) is 43.5. The lowest BCUT2D eigenvalue weighted by atomic mass is 9.87. The quantitative estimate of drug-likeness (QED) is 0.336. The number of amides is 2.